The maximum absolute atomic E-state index is 11.2. The molecule has 2 heteroatoms. The second kappa shape index (κ2) is 15.1. The van der Waals surface area contributed by atoms with E-state index in [1.54, 1.807) is 6.08 Å². The normalized spacial score (nSPS) is 12.6. The van der Waals surface area contributed by atoms with Crippen LogP contribution in [0.3, 0.4) is 0 Å². The van der Waals surface area contributed by atoms with Gasteiger partial charge in [-0.2, -0.15) is 0 Å². The number of carbonyl (C=O) groups is 1. The highest BCUT2D eigenvalue weighted by atomic mass is 16.1. The molecule has 0 saturated heterocycles. The molecule has 1 amide bonds. The molecule has 0 spiro atoms. The van der Waals surface area contributed by atoms with Gasteiger partial charge in [-0.3, -0.25) is 4.79 Å². The van der Waals surface area contributed by atoms with E-state index in [-0.39, 0.29) is 5.91 Å². The van der Waals surface area contributed by atoms with E-state index >= 15 is 0 Å². The fourth-order valence-corrected chi connectivity index (χ4v) is 2.20. The summed E-state index contributed by atoms with van der Waals surface area (Å²) in [5, 5.41) is 0. The third-order valence-corrected chi connectivity index (χ3v) is 3.52. The summed E-state index contributed by atoms with van der Waals surface area (Å²) in [5.41, 5.74) is 5.89. The van der Waals surface area contributed by atoms with Gasteiger partial charge in [-0.25, -0.2) is 0 Å². The van der Waals surface area contributed by atoms with Gasteiger partial charge in [0.15, 0.2) is 0 Å². The summed E-state index contributed by atoms with van der Waals surface area (Å²) >= 11 is 0. The molecular formula is C19H33NO. The lowest BCUT2D eigenvalue weighted by Gasteiger charge is -2.00. The minimum atomic E-state index is -0.364. The van der Waals surface area contributed by atoms with Gasteiger partial charge in [0.1, 0.15) is 0 Å². The molecule has 0 saturated carbocycles. The average Bonchev–Trinajstić information content (AvgIpc) is 2.47. The maximum atomic E-state index is 11.2. The van der Waals surface area contributed by atoms with E-state index in [0.717, 1.165) is 6.42 Å². The standard InChI is InChI=1S/C19H33NO/c1-3-5-7-8-9-10-11-12-13-14-15-17-18(19(20)21)16-6-4-2/h4,6,15-17H,3,5,7-14H2,1-2H3,(H2,20,21). The van der Waals surface area contributed by atoms with Crippen molar-refractivity contribution in [3.63, 3.8) is 0 Å². The Labute approximate surface area is 131 Å². The van der Waals surface area contributed by atoms with Crippen molar-refractivity contribution in [1.29, 1.82) is 0 Å². The van der Waals surface area contributed by atoms with Gasteiger partial charge in [-0.1, -0.05) is 82.6 Å². The lowest BCUT2D eigenvalue weighted by Crippen LogP contribution is -2.12. The number of hydrogen-bond acceptors (Lipinski definition) is 1. The highest BCUT2D eigenvalue weighted by Gasteiger charge is 1.97. The minimum absolute atomic E-state index is 0.364. The third-order valence-electron chi connectivity index (χ3n) is 3.52. The highest BCUT2D eigenvalue weighted by molar-refractivity contribution is 5.95. The van der Waals surface area contributed by atoms with Crippen LogP contribution in [0.15, 0.2) is 36.0 Å². The topological polar surface area (TPSA) is 43.1 Å². The first-order valence-electron chi connectivity index (χ1n) is 8.51. The largest absolute Gasteiger partial charge is 0.366 e. The molecule has 2 N–H and O–H groups in total. The van der Waals surface area contributed by atoms with Crippen molar-refractivity contribution >= 4 is 5.91 Å². The summed E-state index contributed by atoms with van der Waals surface area (Å²) in [6, 6.07) is 0. The Balaban J connectivity index is 3.61. The predicted octanol–water partition coefficient (Wildman–Crippen LogP) is 5.45. The fourth-order valence-electron chi connectivity index (χ4n) is 2.20. The molecule has 21 heavy (non-hydrogen) atoms. The molecule has 0 rings (SSSR count). The summed E-state index contributed by atoms with van der Waals surface area (Å²) in [6.45, 7) is 4.17. The third kappa shape index (κ3) is 13.4. The fraction of sp³-hybridized carbons (Fsp3) is 0.632. The van der Waals surface area contributed by atoms with Crippen molar-refractivity contribution in [3.8, 4) is 0 Å². The number of carbonyl (C=O) groups excluding carboxylic acids is 1. The van der Waals surface area contributed by atoms with E-state index in [0.29, 0.717) is 5.57 Å². The first-order valence-corrected chi connectivity index (χ1v) is 8.51. The van der Waals surface area contributed by atoms with E-state index in [1.807, 2.05) is 25.2 Å². The molecule has 0 aliphatic heterocycles. The van der Waals surface area contributed by atoms with Crippen molar-refractivity contribution < 1.29 is 4.79 Å². The first kappa shape index (κ1) is 19.7. The molecule has 0 unspecified atom stereocenters. The zero-order chi connectivity index (χ0) is 15.8. The van der Waals surface area contributed by atoms with Crippen molar-refractivity contribution in [2.45, 2.75) is 78.1 Å². The van der Waals surface area contributed by atoms with Crippen LogP contribution in [0.4, 0.5) is 0 Å². The number of primary amides is 1. The Morgan fingerprint density at radius 2 is 1.52 bits per heavy atom. The van der Waals surface area contributed by atoms with E-state index in [2.05, 4.69) is 13.0 Å². The quantitative estimate of drug-likeness (QED) is 0.273. The summed E-state index contributed by atoms with van der Waals surface area (Å²) < 4.78 is 0. The molecule has 0 heterocycles. The number of allylic oxidation sites excluding steroid dienone is 4. The molecular weight excluding hydrogens is 258 g/mol. The zero-order valence-electron chi connectivity index (χ0n) is 13.9. The Hall–Kier alpha value is -1.31. The van der Waals surface area contributed by atoms with Crippen LogP contribution < -0.4 is 5.73 Å². The highest BCUT2D eigenvalue weighted by Crippen LogP contribution is 2.11. The zero-order valence-corrected chi connectivity index (χ0v) is 13.9. The SMILES string of the molecule is CC=CC=C(C=CCCCCCCCCCCC)C(N)=O. The minimum Gasteiger partial charge on any atom is -0.366 e. The second-order valence-electron chi connectivity index (χ2n) is 5.53. The molecule has 2 nitrogen and oxygen atoms in total. The van der Waals surface area contributed by atoms with Gasteiger partial charge >= 0.3 is 0 Å². The molecule has 0 aromatic heterocycles. The molecule has 0 aromatic rings. The smallest absolute Gasteiger partial charge is 0.248 e. The van der Waals surface area contributed by atoms with E-state index < -0.39 is 0 Å². The molecule has 0 radical (unpaired) electrons. The Bertz CT molecular complexity index is 339. The van der Waals surface area contributed by atoms with Crippen LogP contribution in [0.2, 0.25) is 0 Å². The maximum Gasteiger partial charge on any atom is 0.248 e. The van der Waals surface area contributed by atoms with Gasteiger partial charge < -0.3 is 5.73 Å². The summed E-state index contributed by atoms with van der Waals surface area (Å²) in [6.07, 6.45) is 22.4. The second-order valence-corrected chi connectivity index (χ2v) is 5.53. The molecule has 0 aromatic carbocycles. The Morgan fingerprint density at radius 1 is 0.952 bits per heavy atom. The van der Waals surface area contributed by atoms with Gasteiger partial charge in [0, 0.05) is 5.57 Å². The van der Waals surface area contributed by atoms with Crippen molar-refractivity contribution in [2.24, 2.45) is 5.73 Å². The number of unbranched alkanes of at least 4 members (excludes halogenated alkanes) is 9. The van der Waals surface area contributed by atoms with Crippen LogP contribution in [-0.2, 0) is 4.79 Å². The summed E-state index contributed by atoms with van der Waals surface area (Å²) in [5.74, 6) is -0.364. The summed E-state index contributed by atoms with van der Waals surface area (Å²) in [7, 11) is 0. The Morgan fingerprint density at radius 3 is 2.05 bits per heavy atom. The first-order chi connectivity index (χ1) is 10.2. The van der Waals surface area contributed by atoms with Crippen molar-refractivity contribution in [1.82, 2.24) is 0 Å². The van der Waals surface area contributed by atoms with E-state index in [1.165, 1.54) is 57.8 Å². The Kier molecular flexibility index (Phi) is 14.1. The van der Waals surface area contributed by atoms with Crippen LogP contribution in [0.1, 0.15) is 78.1 Å². The van der Waals surface area contributed by atoms with Gasteiger partial charge in [0.05, 0.1) is 0 Å². The number of rotatable bonds is 13. The van der Waals surface area contributed by atoms with Crippen LogP contribution >= 0.6 is 0 Å². The van der Waals surface area contributed by atoms with Gasteiger partial charge in [0.25, 0.3) is 0 Å². The van der Waals surface area contributed by atoms with Gasteiger partial charge in [-0.05, 0) is 25.8 Å². The van der Waals surface area contributed by atoms with Gasteiger partial charge in [-0.15, -0.1) is 0 Å². The monoisotopic (exact) mass is 291 g/mol. The summed E-state index contributed by atoms with van der Waals surface area (Å²) in [4.78, 5) is 11.2. The predicted molar refractivity (Wildman–Crippen MR) is 93.1 cm³/mol. The number of hydrogen-bond donors (Lipinski definition) is 1. The number of nitrogens with two attached hydrogens (primary N) is 1. The van der Waals surface area contributed by atoms with Crippen LogP contribution in [0.5, 0.6) is 0 Å². The molecule has 0 aliphatic rings. The van der Waals surface area contributed by atoms with Crippen LogP contribution in [0.25, 0.3) is 0 Å². The number of amides is 1. The lowest BCUT2D eigenvalue weighted by atomic mass is 10.1. The van der Waals surface area contributed by atoms with Crippen LogP contribution in [-0.4, -0.2) is 5.91 Å². The molecule has 0 atom stereocenters. The molecule has 0 aliphatic carbocycles. The van der Waals surface area contributed by atoms with E-state index in [9.17, 15) is 4.79 Å². The van der Waals surface area contributed by atoms with Crippen molar-refractivity contribution in [2.75, 3.05) is 0 Å². The molecule has 0 bridgehead atoms. The van der Waals surface area contributed by atoms with E-state index in [4.69, 9.17) is 5.73 Å². The van der Waals surface area contributed by atoms with Crippen LogP contribution in [0, 0.1) is 0 Å². The lowest BCUT2D eigenvalue weighted by molar-refractivity contribution is -0.114. The van der Waals surface area contributed by atoms with Crippen molar-refractivity contribution in [3.05, 3.63) is 36.0 Å². The van der Waals surface area contributed by atoms with Gasteiger partial charge in [0.2, 0.25) is 5.91 Å². The molecule has 0 fully saturated rings. The molecule has 120 valence electrons. The average molecular weight is 291 g/mol.